The summed E-state index contributed by atoms with van der Waals surface area (Å²) < 4.78 is 0. The second-order valence-corrected chi connectivity index (χ2v) is 4.61. The molecule has 11 heavy (non-hydrogen) atoms. The van der Waals surface area contributed by atoms with Gasteiger partial charge in [-0.3, -0.25) is 0 Å². The van der Waals surface area contributed by atoms with E-state index in [1.165, 1.54) is 11.8 Å². The van der Waals surface area contributed by atoms with Crippen LogP contribution < -0.4 is 0 Å². The third kappa shape index (κ3) is 11.0. The second-order valence-electron chi connectivity index (χ2n) is 1.46. The summed E-state index contributed by atoms with van der Waals surface area (Å²) in [5, 5.41) is 3.52. The maximum absolute atomic E-state index is 5.41. The standard InChI is InChI=1S/C6H6Cl4S/c7-5(8)1-3-11-4-2-6(9)10/h1-6H. The average Bonchev–Trinajstić information content (AvgIpc) is 1.85. The van der Waals surface area contributed by atoms with E-state index in [1.807, 2.05) is 0 Å². The summed E-state index contributed by atoms with van der Waals surface area (Å²) in [6, 6.07) is 0. The van der Waals surface area contributed by atoms with Gasteiger partial charge in [-0.05, 0) is 23.0 Å². The Labute approximate surface area is 90.5 Å². The Bertz CT molecular complexity index is 126. The van der Waals surface area contributed by atoms with Gasteiger partial charge in [-0.1, -0.05) is 0 Å². The Morgan fingerprint density at radius 1 is 0.818 bits per heavy atom. The zero-order chi connectivity index (χ0) is 8.69. The van der Waals surface area contributed by atoms with Crippen LogP contribution >= 0.6 is 58.2 Å². The smallest absolute Gasteiger partial charge is 0.107 e. The van der Waals surface area contributed by atoms with Crippen molar-refractivity contribution in [3.63, 3.8) is 0 Å². The van der Waals surface area contributed by atoms with Gasteiger partial charge in [0.25, 0.3) is 0 Å². The van der Waals surface area contributed by atoms with Gasteiger partial charge in [0.05, 0.1) is 0 Å². The molecule has 0 radical (unpaired) electrons. The zero-order valence-corrected chi connectivity index (χ0v) is 9.22. The zero-order valence-electron chi connectivity index (χ0n) is 5.38. The van der Waals surface area contributed by atoms with E-state index in [4.69, 9.17) is 46.4 Å². The van der Waals surface area contributed by atoms with Crippen LogP contribution in [0.2, 0.25) is 0 Å². The molecule has 0 spiro atoms. The second kappa shape index (κ2) is 7.63. The molecule has 0 N–H and O–H groups in total. The molecule has 0 atom stereocenters. The van der Waals surface area contributed by atoms with Gasteiger partial charge in [0.15, 0.2) is 0 Å². The predicted molar refractivity (Wildman–Crippen MR) is 56.9 cm³/mol. The highest BCUT2D eigenvalue weighted by Crippen LogP contribution is 2.12. The van der Waals surface area contributed by atoms with Crippen LogP contribution in [0.5, 0.6) is 0 Å². The van der Waals surface area contributed by atoms with Crippen LogP contribution in [-0.4, -0.2) is 9.67 Å². The topological polar surface area (TPSA) is 0 Å². The van der Waals surface area contributed by atoms with Crippen LogP contribution in [0.25, 0.3) is 0 Å². The SMILES string of the molecule is ClC(Cl)C=CSC=CC(Cl)Cl. The van der Waals surface area contributed by atoms with Gasteiger partial charge in [-0.15, -0.1) is 58.2 Å². The first-order valence-corrected chi connectivity index (χ1v) is 5.37. The lowest BCUT2D eigenvalue weighted by molar-refractivity contribution is 1.62. The molecule has 0 saturated heterocycles. The molecule has 0 bridgehead atoms. The first kappa shape index (κ1) is 12.0. The van der Waals surface area contributed by atoms with Gasteiger partial charge >= 0.3 is 0 Å². The molecule has 0 fully saturated rings. The third-order valence-corrected chi connectivity index (χ3v) is 1.82. The number of alkyl halides is 4. The fourth-order valence-electron chi connectivity index (χ4n) is 0.255. The highest BCUT2D eigenvalue weighted by molar-refractivity contribution is 8.04. The molecule has 5 heteroatoms. The normalized spacial score (nSPS) is 12.9. The molecule has 0 aromatic carbocycles. The van der Waals surface area contributed by atoms with Crippen LogP contribution in [-0.2, 0) is 0 Å². The van der Waals surface area contributed by atoms with Gasteiger partial charge < -0.3 is 0 Å². The summed E-state index contributed by atoms with van der Waals surface area (Å²) in [4.78, 5) is -0.919. The number of hydrogen-bond acceptors (Lipinski definition) is 1. The van der Waals surface area contributed by atoms with Crippen LogP contribution in [0, 0.1) is 0 Å². The van der Waals surface area contributed by atoms with Crippen LogP contribution in [0.1, 0.15) is 0 Å². The predicted octanol–water partition coefficient (Wildman–Crippen LogP) is 4.35. The van der Waals surface area contributed by atoms with Gasteiger partial charge in [0.1, 0.15) is 9.67 Å². The molecule has 0 aliphatic heterocycles. The maximum Gasteiger partial charge on any atom is 0.126 e. The van der Waals surface area contributed by atoms with E-state index in [-0.39, 0.29) is 0 Å². The van der Waals surface area contributed by atoms with E-state index in [9.17, 15) is 0 Å². The molecule has 0 nitrogen and oxygen atoms in total. The fourth-order valence-corrected chi connectivity index (χ4v) is 1.48. The summed E-state index contributed by atoms with van der Waals surface area (Å²) in [5.74, 6) is 0. The van der Waals surface area contributed by atoms with Crippen molar-refractivity contribution >= 4 is 58.2 Å². The van der Waals surface area contributed by atoms with Crippen molar-refractivity contribution in [2.75, 3.05) is 0 Å². The van der Waals surface area contributed by atoms with Crippen molar-refractivity contribution < 1.29 is 0 Å². The highest BCUT2D eigenvalue weighted by atomic mass is 35.5. The van der Waals surface area contributed by atoms with E-state index in [0.717, 1.165) is 0 Å². The Kier molecular flexibility index (Phi) is 8.32. The van der Waals surface area contributed by atoms with E-state index in [1.54, 1.807) is 23.0 Å². The fraction of sp³-hybridized carbons (Fsp3) is 0.333. The number of thioether (sulfide) groups is 1. The Hall–Kier alpha value is 0.990. The van der Waals surface area contributed by atoms with E-state index >= 15 is 0 Å². The average molecular weight is 252 g/mol. The van der Waals surface area contributed by atoms with Crippen molar-refractivity contribution in [3.8, 4) is 0 Å². The molecule has 64 valence electrons. The Morgan fingerprint density at radius 3 is 1.45 bits per heavy atom. The molecule has 0 aliphatic carbocycles. The van der Waals surface area contributed by atoms with Crippen LogP contribution in [0.15, 0.2) is 23.0 Å². The third-order valence-electron chi connectivity index (χ3n) is 0.605. The lowest BCUT2D eigenvalue weighted by atomic mass is 10.7. The molecule has 0 aromatic rings. The molecular formula is C6H6Cl4S. The van der Waals surface area contributed by atoms with Crippen molar-refractivity contribution in [1.82, 2.24) is 0 Å². The van der Waals surface area contributed by atoms with E-state index in [0.29, 0.717) is 0 Å². The van der Waals surface area contributed by atoms with E-state index in [2.05, 4.69) is 0 Å². The summed E-state index contributed by atoms with van der Waals surface area (Å²) >= 11 is 23.0. The Morgan fingerprint density at radius 2 is 1.18 bits per heavy atom. The van der Waals surface area contributed by atoms with Gasteiger partial charge in [-0.25, -0.2) is 0 Å². The van der Waals surface area contributed by atoms with Gasteiger partial charge in [0.2, 0.25) is 0 Å². The number of rotatable bonds is 4. The largest absolute Gasteiger partial charge is 0.126 e. The molecule has 0 amide bonds. The quantitative estimate of drug-likeness (QED) is 0.670. The molecule has 0 unspecified atom stereocenters. The highest BCUT2D eigenvalue weighted by Gasteiger charge is 1.88. The molecule has 0 heterocycles. The minimum atomic E-state index is -0.460. The minimum Gasteiger partial charge on any atom is -0.107 e. The van der Waals surface area contributed by atoms with Crippen molar-refractivity contribution in [1.29, 1.82) is 0 Å². The minimum absolute atomic E-state index is 0.460. The summed E-state index contributed by atoms with van der Waals surface area (Å²) in [5.41, 5.74) is 0. The number of allylic oxidation sites excluding steroid dienone is 2. The van der Waals surface area contributed by atoms with E-state index < -0.39 is 9.67 Å². The lowest BCUT2D eigenvalue weighted by Gasteiger charge is -1.88. The molecular weight excluding hydrogens is 246 g/mol. The maximum atomic E-state index is 5.41. The monoisotopic (exact) mass is 250 g/mol. The van der Waals surface area contributed by atoms with Crippen molar-refractivity contribution in [2.24, 2.45) is 0 Å². The molecule has 0 aromatic heterocycles. The summed E-state index contributed by atoms with van der Waals surface area (Å²) in [7, 11) is 0. The van der Waals surface area contributed by atoms with Crippen LogP contribution in [0.3, 0.4) is 0 Å². The summed E-state index contributed by atoms with van der Waals surface area (Å²) in [6.45, 7) is 0. The first-order chi connectivity index (χ1) is 5.13. The summed E-state index contributed by atoms with van der Waals surface area (Å²) in [6.07, 6.45) is 3.30. The molecule has 0 rings (SSSR count). The van der Waals surface area contributed by atoms with Gasteiger partial charge in [0, 0.05) is 0 Å². The Balaban J connectivity index is 3.41. The van der Waals surface area contributed by atoms with Crippen molar-refractivity contribution in [3.05, 3.63) is 23.0 Å². The van der Waals surface area contributed by atoms with Gasteiger partial charge in [-0.2, -0.15) is 0 Å². The number of halogens is 4. The first-order valence-electron chi connectivity index (χ1n) is 2.68. The molecule has 0 aliphatic rings. The number of hydrogen-bond donors (Lipinski definition) is 0. The van der Waals surface area contributed by atoms with Crippen molar-refractivity contribution in [2.45, 2.75) is 9.67 Å². The lowest BCUT2D eigenvalue weighted by Crippen LogP contribution is -1.73. The molecule has 0 saturated carbocycles. The van der Waals surface area contributed by atoms with Crippen LogP contribution in [0.4, 0.5) is 0 Å².